The standard InChI is InChI=1S/C47H67N11O11S2/c1-27(2)21-32-42(64)56-35(24-38(49)60)45(67)57-36(47(69)58-19-8-12-37(58)46(68)53-31(11-6-7-18-48)41(63)51-25-39(50)61)26-71-70-20-17-40(62)52-33(23-29-13-15-30(59)16-14-29)43(65)55-34(44(66)54-32)22-28-9-4-3-5-10-28/h3-5,9-10,13-16,27,31-37,59H,6-8,11-12,17-26,48H2,1-2H3,(H2,49,60)(H2,50,61)(H,51,63)(H,52,62)(H,53,68)(H,54,66)(H,55,65)(H,56,64)(H,57,67)/t31-,32?,33?,34-,35-,36?,37-/m0/s1. The van der Waals surface area contributed by atoms with Crippen LogP contribution < -0.4 is 54.4 Å². The molecule has 0 aromatic heterocycles. The van der Waals surface area contributed by atoms with Crippen molar-refractivity contribution in [3.8, 4) is 5.75 Å². The van der Waals surface area contributed by atoms with Crippen LogP contribution in [0.4, 0.5) is 0 Å². The van der Waals surface area contributed by atoms with Gasteiger partial charge in [0.2, 0.25) is 59.1 Å². The highest BCUT2D eigenvalue weighted by atomic mass is 33.1. The molecule has 24 heteroatoms. The van der Waals surface area contributed by atoms with Crippen LogP contribution in [0.25, 0.3) is 0 Å². The molecule has 14 N–H and O–H groups in total. The molecule has 0 bridgehead atoms. The molecule has 388 valence electrons. The Morgan fingerprint density at radius 3 is 2.00 bits per heavy atom. The minimum atomic E-state index is -1.64. The molecule has 3 unspecified atom stereocenters. The predicted octanol–water partition coefficient (Wildman–Crippen LogP) is -1.49. The molecule has 2 aromatic rings. The molecule has 2 aliphatic rings. The van der Waals surface area contributed by atoms with E-state index in [1.165, 1.54) is 27.8 Å². The van der Waals surface area contributed by atoms with E-state index in [4.69, 9.17) is 17.2 Å². The zero-order chi connectivity index (χ0) is 52.0. The van der Waals surface area contributed by atoms with E-state index in [0.29, 0.717) is 36.9 Å². The number of likely N-dealkylation sites (tertiary alicyclic amines) is 1. The molecule has 0 radical (unpaired) electrons. The largest absolute Gasteiger partial charge is 0.508 e. The molecule has 22 nitrogen and oxygen atoms in total. The third-order valence-corrected chi connectivity index (χ3v) is 13.9. The summed E-state index contributed by atoms with van der Waals surface area (Å²) in [6.07, 6.45) is 0.962. The van der Waals surface area contributed by atoms with Gasteiger partial charge in [0, 0.05) is 37.3 Å². The number of unbranched alkanes of at least 4 members (excludes halogenated alkanes) is 1. The van der Waals surface area contributed by atoms with E-state index >= 15 is 0 Å². The van der Waals surface area contributed by atoms with E-state index in [1.807, 2.05) is 0 Å². The molecule has 2 saturated heterocycles. The second kappa shape index (κ2) is 29.1. The van der Waals surface area contributed by atoms with E-state index in [0.717, 1.165) is 10.8 Å². The fraction of sp³-hybridized carbons (Fsp3) is 0.532. The number of nitrogens with zero attached hydrogens (tertiary/aromatic N) is 1. The normalized spacial score (nSPS) is 22.4. The Balaban J connectivity index is 1.67. The molecule has 4 rings (SSSR count). The summed E-state index contributed by atoms with van der Waals surface area (Å²) in [5.41, 5.74) is 17.7. The number of hydrogen-bond acceptors (Lipinski definition) is 14. The Labute approximate surface area is 420 Å². The summed E-state index contributed by atoms with van der Waals surface area (Å²) in [7, 11) is 2.29. The van der Waals surface area contributed by atoms with Gasteiger partial charge in [-0.05, 0) is 74.2 Å². The molecule has 0 saturated carbocycles. The summed E-state index contributed by atoms with van der Waals surface area (Å²) in [5.74, 6) is -7.77. The van der Waals surface area contributed by atoms with E-state index < -0.39 is 114 Å². The lowest BCUT2D eigenvalue weighted by Gasteiger charge is -2.31. The lowest BCUT2D eigenvalue weighted by molar-refractivity contribution is -0.142. The smallest absolute Gasteiger partial charge is 0.246 e. The molecule has 2 aliphatic heterocycles. The zero-order valence-electron chi connectivity index (χ0n) is 39.9. The van der Waals surface area contributed by atoms with Gasteiger partial charge in [-0.1, -0.05) is 77.9 Å². The molecular formula is C47H67N11O11S2. The number of amides is 10. The van der Waals surface area contributed by atoms with E-state index in [-0.39, 0.29) is 68.2 Å². The van der Waals surface area contributed by atoms with Crippen molar-refractivity contribution in [2.75, 3.05) is 31.1 Å². The fourth-order valence-electron chi connectivity index (χ4n) is 7.92. The zero-order valence-corrected chi connectivity index (χ0v) is 41.6. The lowest BCUT2D eigenvalue weighted by Crippen LogP contribution is -2.61. The molecule has 0 spiro atoms. The first-order chi connectivity index (χ1) is 33.8. The van der Waals surface area contributed by atoms with Crippen molar-refractivity contribution in [1.29, 1.82) is 0 Å². The van der Waals surface area contributed by atoms with Crippen molar-refractivity contribution in [1.82, 2.24) is 42.1 Å². The Bertz CT molecular complexity index is 2190. The van der Waals surface area contributed by atoms with Crippen molar-refractivity contribution in [2.45, 2.75) is 120 Å². The first-order valence-corrected chi connectivity index (χ1v) is 26.1. The average Bonchev–Trinajstić information content (AvgIpc) is 3.82. The van der Waals surface area contributed by atoms with Crippen LogP contribution in [0.2, 0.25) is 0 Å². The number of carbonyl (C=O) groups excluding carboxylic acids is 10. The highest BCUT2D eigenvalue weighted by Gasteiger charge is 2.40. The number of aromatic hydroxyl groups is 1. The third-order valence-electron chi connectivity index (χ3n) is 11.5. The quantitative estimate of drug-likeness (QED) is 0.0599. The molecule has 7 atom stereocenters. The maximum Gasteiger partial charge on any atom is 0.246 e. The SMILES string of the molecule is CC(C)CC1NC(=O)[C@H](Cc2ccccc2)NC(=O)C(Cc2ccc(O)cc2)NC(=O)CCSSCC(C(=O)N2CCC[C@H]2C(=O)N[C@@H](CCCCN)C(=O)NCC(N)=O)NC(=O)[C@H](CC(N)=O)NC1=O. The summed E-state index contributed by atoms with van der Waals surface area (Å²) < 4.78 is 0. The summed E-state index contributed by atoms with van der Waals surface area (Å²) in [6, 6.07) is 5.88. The van der Waals surface area contributed by atoms with Crippen molar-refractivity contribution in [2.24, 2.45) is 23.1 Å². The maximum atomic E-state index is 14.5. The van der Waals surface area contributed by atoms with Crippen molar-refractivity contribution >= 4 is 80.7 Å². The van der Waals surface area contributed by atoms with Crippen molar-refractivity contribution in [3.63, 3.8) is 0 Å². The first kappa shape index (κ1) is 57.2. The van der Waals surface area contributed by atoms with Crippen LogP contribution in [0.1, 0.15) is 76.3 Å². The van der Waals surface area contributed by atoms with Gasteiger partial charge in [0.1, 0.15) is 48.0 Å². The van der Waals surface area contributed by atoms with Crippen LogP contribution in [0.15, 0.2) is 54.6 Å². The topological polar surface area (TPSA) is 356 Å². The molecular weight excluding hydrogens is 959 g/mol. The highest BCUT2D eigenvalue weighted by Crippen LogP contribution is 2.26. The number of hydrogen-bond donors (Lipinski definition) is 11. The second-order valence-corrected chi connectivity index (χ2v) is 20.4. The number of nitrogens with two attached hydrogens (primary N) is 3. The molecule has 2 fully saturated rings. The average molecular weight is 1030 g/mol. The maximum absolute atomic E-state index is 14.5. The highest BCUT2D eigenvalue weighted by molar-refractivity contribution is 8.76. The Hall–Kier alpha value is -6.40. The van der Waals surface area contributed by atoms with Crippen LogP contribution in [-0.2, 0) is 60.8 Å². The number of benzene rings is 2. The summed E-state index contributed by atoms with van der Waals surface area (Å²) in [5, 5.41) is 28.4. The van der Waals surface area contributed by atoms with Crippen molar-refractivity contribution < 1.29 is 53.1 Å². The predicted molar refractivity (Wildman–Crippen MR) is 266 cm³/mol. The van der Waals surface area contributed by atoms with Crippen LogP contribution in [-0.4, -0.2) is 143 Å². The third kappa shape index (κ3) is 19.4. The molecule has 71 heavy (non-hydrogen) atoms. The van der Waals surface area contributed by atoms with E-state index in [2.05, 4.69) is 37.2 Å². The minimum Gasteiger partial charge on any atom is -0.508 e. The molecule has 2 aromatic carbocycles. The Morgan fingerprint density at radius 2 is 1.37 bits per heavy atom. The number of rotatable bonds is 18. The number of phenols is 1. The number of phenolic OH excluding ortho intramolecular Hbond substituents is 1. The van der Waals surface area contributed by atoms with Gasteiger partial charge in [0.15, 0.2) is 0 Å². The van der Waals surface area contributed by atoms with Crippen LogP contribution in [0, 0.1) is 5.92 Å². The number of nitrogens with one attached hydrogen (secondary N) is 7. The van der Waals surface area contributed by atoms with Crippen LogP contribution in [0.5, 0.6) is 5.75 Å². The number of primary amides is 2. The van der Waals surface area contributed by atoms with Crippen molar-refractivity contribution in [3.05, 3.63) is 65.7 Å². The van der Waals surface area contributed by atoms with Crippen LogP contribution >= 0.6 is 21.6 Å². The van der Waals surface area contributed by atoms with Gasteiger partial charge in [-0.3, -0.25) is 47.9 Å². The van der Waals surface area contributed by atoms with Gasteiger partial charge < -0.3 is 64.4 Å². The first-order valence-electron chi connectivity index (χ1n) is 23.6. The second-order valence-electron chi connectivity index (χ2n) is 17.8. The Kier molecular flexibility index (Phi) is 23.4. The monoisotopic (exact) mass is 1030 g/mol. The summed E-state index contributed by atoms with van der Waals surface area (Å²) >= 11 is 0. The number of carbonyl (C=O) groups is 10. The molecule has 0 aliphatic carbocycles. The van der Waals surface area contributed by atoms with Gasteiger partial charge in [0.05, 0.1) is 13.0 Å². The van der Waals surface area contributed by atoms with E-state index in [9.17, 15) is 53.1 Å². The van der Waals surface area contributed by atoms with Gasteiger partial charge in [0.25, 0.3) is 0 Å². The van der Waals surface area contributed by atoms with Gasteiger partial charge >= 0.3 is 0 Å². The summed E-state index contributed by atoms with van der Waals surface area (Å²) in [4.78, 5) is 137. The minimum absolute atomic E-state index is 0.00810. The van der Waals surface area contributed by atoms with Crippen LogP contribution in [0.3, 0.4) is 0 Å². The fourth-order valence-corrected chi connectivity index (χ4v) is 10.1. The molecule has 2 heterocycles. The summed E-state index contributed by atoms with van der Waals surface area (Å²) in [6.45, 7) is 3.55. The van der Waals surface area contributed by atoms with Gasteiger partial charge in [-0.2, -0.15) is 0 Å². The van der Waals surface area contributed by atoms with Gasteiger partial charge in [-0.25, -0.2) is 0 Å². The van der Waals surface area contributed by atoms with E-state index in [1.54, 1.807) is 56.3 Å². The van der Waals surface area contributed by atoms with Gasteiger partial charge in [-0.15, -0.1) is 0 Å². The molecule has 10 amide bonds. The lowest BCUT2D eigenvalue weighted by atomic mass is 9.99. The Morgan fingerprint density at radius 1 is 0.761 bits per heavy atom.